The van der Waals surface area contributed by atoms with E-state index in [0.717, 1.165) is 15.6 Å². The first kappa shape index (κ1) is 22.1. The van der Waals surface area contributed by atoms with Crippen molar-refractivity contribution in [2.45, 2.75) is 13.5 Å². The van der Waals surface area contributed by atoms with Gasteiger partial charge in [-0.05, 0) is 76.5 Å². The Morgan fingerprint density at radius 3 is 2.56 bits per heavy atom. The minimum Gasteiger partial charge on any atom is -0.490 e. The van der Waals surface area contributed by atoms with E-state index in [1.165, 1.54) is 0 Å². The van der Waals surface area contributed by atoms with Gasteiger partial charge in [0.25, 0.3) is 0 Å². The van der Waals surface area contributed by atoms with Gasteiger partial charge in [0.05, 0.1) is 12.2 Å². The van der Waals surface area contributed by atoms with Crippen LogP contribution in [0.4, 0.5) is 0 Å². The van der Waals surface area contributed by atoms with Gasteiger partial charge in [0.1, 0.15) is 6.61 Å². The highest BCUT2D eigenvalue weighted by molar-refractivity contribution is 9.10. The number of nitrogens with zero attached hydrogens (tertiary/aromatic N) is 1. The van der Waals surface area contributed by atoms with Gasteiger partial charge in [-0.1, -0.05) is 41.9 Å². The number of esters is 1. The summed E-state index contributed by atoms with van der Waals surface area (Å²) in [4.78, 5) is 16.7. The van der Waals surface area contributed by atoms with E-state index in [1.54, 1.807) is 6.08 Å². The summed E-state index contributed by atoms with van der Waals surface area (Å²) in [6.45, 7) is 2.75. The van der Waals surface area contributed by atoms with Gasteiger partial charge in [-0.15, -0.1) is 0 Å². The van der Waals surface area contributed by atoms with Crippen LogP contribution in [0.1, 0.15) is 23.6 Å². The molecule has 0 radical (unpaired) electrons. The highest BCUT2D eigenvalue weighted by atomic mass is 79.9. The molecule has 1 aliphatic rings. The predicted molar refractivity (Wildman–Crippen MR) is 128 cm³/mol. The van der Waals surface area contributed by atoms with Crippen LogP contribution in [0.3, 0.4) is 0 Å². The number of cyclic esters (lactones) is 1. The Balaban J connectivity index is 1.56. The molecule has 0 spiro atoms. The number of hydrogen-bond acceptors (Lipinski definition) is 5. The smallest absolute Gasteiger partial charge is 0.363 e. The molecule has 0 N–H and O–H groups in total. The highest BCUT2D eigenvalue weighted by Crippen LogP contribution is 2.31. The fourth-order valence-corrected chi connectivity index (χ4v) is 3.64. The lowest BCUT2D eigenvalue weighted by molar-refractivity contribution is -0.129. The fraction of sp³-hybridized carbons (Fsp3) is 0.120. The third-order valence-electron chi connectivity index (χ3n) is 4.60. The number of halogens is 2. The van der Waals surface area contributed by atoms with Crippen LogP contribution >= 0.6 is 27.5 Å². The molecule has 0 aromatic heterocycles. The second kappa shape index (κ2) is 10.0. The number of hydrogen-bond donors (Lipinski definition) is 0. The normalized spacial score (nSPS) is 14.3. The van der Waals surface area contributed by atoms with Crippen LogP contribution in [0.15, 0.2) is 81.9 Å². The maximum atomic E-state index is 12.3. The van der Waals surface area contributed by atoms with Crippen molar-refractivity contribution in [3.05, 3.63) is 98.6 Å². The van der Waals surface area contributed by atoms with Gasteiger partial charge in [-0.3, -0.25) is 0 Å². The Morgan fingerprint density at radius 1 is 1.03 bits per heavy atom. The summed E-state index contributed by atoms with van der Waals surface area (Å²) in [5, 5.41) is 0.678. The van der Waals surface area contributed by atoms with Crippen molar-refractivity contribution in [3.63, 3.8) is 0 Å². The average molecular weight is 513 g/mol. The van der Waals surface area contributed by atoms with Crippen LogP contribution in [-0.2, 0) is 16.1 Å². The van der Waals surface area contributed by atoms with Gasteiger partial charge in [-0.25, -0.2) is 9.79 Å². The van der Waals surface area contributed by atoms with Crippen LogP contribution in [-0.4, -0.2) is 18.5 Å². The van der Waals surface area contributed by atoms with E-state index in [9.17, 15) is 4.79 Å². The summed E-state index contributed by atoms with van der Waals surface area (Å²) in [7, 11) is 0. The average Bonchev–Trinajstić information content (AvgIpc) is 3.15. The van der Waals surface area contributed by atoms with Gasteiger partial charge >= 0.3 is 5.97 Å². The second-order valence-corrected chi connectivity index (χ2v) is 8.16. The summed E-state index contributed by atoms with van der Waals surface area (Å²) in [6.07, 6.45) is 1.66. The van der Waals surface area contributed by atoms with E-state index in [-0.39, 0.29) is 11.6 Å². The van der Waals surface area contributed by atoms with Gasteiger partial charge in [-0.2, -0.15) is 0 Å². The minimum atomic E-state index is -0.503. The van der Waals surface area contributed by atoms with E-state index in [1.807, 2.05) is 73.7 Å². The quantitative estimate of drug-likeness (QED) is 0.271. The van der Waals surface area contributed by atoms with Gasteiger partial charge < -0.3 is 14.2 Å². The van der Waals surface area contributed by atoms with Crippen LogP contribution in [0.5, 0.6) is 11.5 Å². The first-order valence-electron chi connectivity index (χ1n) is 9.95. The monoisotopic (exact) mass is 511 g/mol. The molecule has 0 bridgehead atoms. The third-order valence-corrected chi connectivity index (χ3v) is 5.55. The second-order valence-electron chi connectivity index (χ2n) is 6.87. The Labute approximate surface area is 199 Å². The molecule has 0 unspecified atom stereocenters. The molecule has 32 heavy (non-hydrogen) atoms. The molecule has 0 atom stereocenters. The van der Waals surface area contributed by atoms with Crippen molar-refractivity contribution in [2.75, 3.05) is 6.61 Å². The zero-order valence-electron chi connectivity index (χ0n) is 17.2. The first-order valence-corrected chi connectivity index (χ1v) is 11.1. The molecule has 3 aromatic carbocycles. The number of ether oxygens (including phenoxy) is 3. The van der Waals surface area contributed by atoms with Crippen molar-refractivity contribution in [1.29, 1.82) is 0 Å². The zero-order chi connectivity index (χ0) is 22.5. The lowest BCUT2D eigenvalue weighted by Crippen LogP contribution is -2.05. The first-order chi connectivity index (χ1) is 15.5. The van der Waals surface area contributed by atoms with Crippen LogP contribution in [0.25, 0.3) is 6.08 Å². The van der Waals surface area contributed by atoms with Gasteiger partial charge in [0, 0.05) is 9.50 Å². The lowest BCUT2D eigenvalue weighted by atomic mass is 10.1. The van der Waals surface area contributed by atoms with E-state index in [2.05, 4.69) is 20.9 Å². The lowest BCUT2D eigenvalue weighted by Gasteiger charge is -2.13. The van der Waals surface area contributed by atoms with Gasteiger partial charge in [0.2, 0.25) is 5.90 Å². The topological polar surface area (TPSA) is 57.1 Å². The number of aliphatic imine (C=N–C) groups is 1. The highest BCUT2D eigenvalue weighted by Gasteiger charge is 2.25. The molecule has 4 rings (SSSR count). The Hall–Kier alpha value is -3.09. The molecule has 0 aliphatic carbocycles. The summed E-state index contributed by atoms with van der Waals surface area (Å²) in [6, 6.07) is 20.4. The van der Waals surface area contributed by atoms with Crippen molar-refractivity contribution in [3.8, 4) is 11.5 Å². The van der Waals surface area contributed by atoms with Crippen LogP contribution in [0.2, 0.25) is 5.02 Å². The standard InChI is InChI=1S/C25H19BrClNO4/c1-2-30-23-14-17(9-12-22(23)31-15-16-7-10-18(27)11-8-16)13-21-25(29)32-24(28-21)19-5-3-4-6-20(19)26/h3-14H,2,15H2,1H3/b21-13-. The zero-order valence-corrected chi connectivity index (χ0v) is 19.5. The largest absolute Gasteiger partial charge is 0.490 e. The molecule has 1 aliphatic heterocycles. The Morgan fingerprint density at radius 2 is 1.81 bits per heavy atom. The molecular formula is C25H19BrClNO4. The number of benzene rings is 3. The summed E-state index contributed by atoms with van der Waals surface area (Å²) in [5.41, 5.74) is 2.67. The van der Waals surface area contributed by atoms with Crippen LogP contribution < -0.4 is 9.47 Å². The van der Waals surface area contributed by atoms with Crippen molar-refractivity contribution in [2.24, 2.45) is 4.99 Å². The Kier molecular flexibility index (Phi) is 6.93. The Bertz CT molecular complexity index is 1200. The van der Waals surface area contributed by atoms with Crippen molar-refractivity contribution < 1.29 is 19.0 Å². The molecule has 5 nitrogen and oxygen atoms in total. The predicted octanol–water partition coefficient (Wildman–Crippen LogP) is 6.42. The molecule has 0 amide bonds. The van der Waals surface area contributed by atoms with E-state index >= 15 is 0 Å². The summed E-state index contributed by atoms with van der Waals surface area (Å²) < 4.78 is 17.8. The maximum absolute atomic E-state index is 12.3. The van der Waals surface area contributed by atoms with Gasteiger partial charge in [0.15, 0.2) is 17.2 Å². The molecule has 7 heteroatoms. The molecule has 0 saturated heterocycles. The third kappa shape index (κ3) is 5.21. The molecule has 1 heterocycles. The molecular weight excluding hydrogens is 494 g/mol. The summed E-state index contributed by atoms with van der Waals surface area (Å²) in [5.74, 6) is 0.950. The molecule has 0 fully saturated rings. The van der Waals surface area contributed by atoms with Crippen molar-refractivity contribution in [1.82, 2.24) is 0 Å². The number of carbonyl (C=O) groups excluding carboxylic acids is 1. The molecule has 3 aromatic rings. The number of carbonyl (C=O) groups is 1. The molecule has 0 saturated carbocycles. The molecule has 162 valence electrons. The van der Waals surface area contributed by atoms with E-state index in [4.69, 9.17) is 25.8 Å². The van der Waals surface area contributed by atoms with Crippen LogP contribution in [0, 0.1) is 0 Å². The van der Waals surface area contributed by atoms with E-state index in [0.29, 0.717) is 35.3 Å². The number of rotatable bonds is 7. The minimum absolute atomic E-state index is 0.216. The maximum Gasteiger partial charge on any atom is 0.363 e. The SMILES string of the molecule is CCOc1cc(/C=C2\N=C(c3ccccc3Br)OC2=O)ccc1OCc1ccc(Cl)cc1. The van der Waals surface area contributed by atoms with E-state index < -0.39 is 5.97 Å². The summed E-state index contributed by atoms with van der Waals surface area (Å²) >= 11 is 9.39. The van der Waals surface area contributed by atoms with Crippen molar-refractivity contribution >= 4 is 45.5 Å². The fourth-order valence-electron chi connectivity index (χ4n) is 3.06.